The first kappa shape index (κ1) is 103. The number of halogens is 1. The molecule has 708 valence electrons. The van der Waals surface area contributed by atoms with E-state index in [1.807, 2.05) is 91.9 Å². The molecule has 4 aliphatic heterocycles. The minimum Gasteiger partial charge on any atom is -0.508 e. The number of nitrogens with one attached hydrogen (secondary N) is 10. The Morgan fingerprint density at radius 2 is 1.47 bits per heavy atom. The summed E-state index contributed by atoms with van der Waals surface area (Å²) in [5.41, 5.74) is 13.9. The molecule has 0 radical (unpaired) electrons. The first-order valence-corrected chi connectivity index (χ1v) is 48.4. The second kappa shape index (κ2) is 47.3. The fourth-order valence-electron chi connectivity index (χ4n) is 15.7. The molecular weight excluding hydrogens is 1780 g/mol. The Hall–Kier alpha value is -10.4. The van der Waals surface area contributed by atoms with E-state index in [9.17, 15) is 48.9 Å². The van der Waals surface area contributed by atoms with Crippen LogP contribution >= 0.6 is 54.8 Å². The van der Waals surface area contributed by atoms with Crippen molar-refractivity contribution in [1.82, 2.24) is 57.7 Å². The van der Waals surface area contributed by atoms with Crippen LogP contribution in [0.2, 0.25) is 5.02 Å². The molecule has 34 nitrogen and oxygen atoms in total. The molecular formula is C92H119ClN14O20S4. The van der Waals surface area contributed by atoms with Crippen molar-refractivity contribution >= 4 is 143 Å². The lowest BCUT2D eigenvalue weighted by Crippen LogP contribution is -2.63. The molecule has 6 aromatic rings. The number of aromatic amines is 1. The second-order valence-electron chi connectivity index (χ2n) is 33.9. The quantitative estimate of drug-likeness (QED) is 0.0108. The molecule has 131 heavy (non-hydrogen) atoms. The summed E-state index contributed by atoms with van der Waals surface area (Å²) >= 11 is 6.92. The molecule has 11 amide bonds. The van der Waals surface area contributed by atoms with Crippen LogP contribution in [-0.2, 0) is 104 Å². The number of nitrogens with zero attached hydrogens (tertiary/aromatic N) is 2. The van der Waals surface area contributed by atoms with E-state index >= 15 is 24.0 Å². The lowest BCUT2D eigenvalue weighted by Gasteiger charge is -2.42. The van der Waals surface area contributed by atoms with Gasteiger partial charge in [0.1, 0.15) is 88.8 Å². The summed E-state index contributed by atoms with van der Waals surface area (Å²) in [7, 11) is 9.83. The summed E-state index contributed by atoms with van der Waals surface area (Å²) < 4.78 is 28.5. The number of aliphatic hydroxyl groups excluding tert-OH is 1. The Morgan fingerprint density at radius 1 is 0.817 bits per heavy atom. The van der Waals surface area contributed by atoms with E-state index in [4.69, 9.17) is 46.8 Å². The predicted octanol–water partition coefficient (Wildman–Crippen LogP) is 5.92. The highest BCUT2D eigenvalue weighted by Crippen LogP contribution is 2.50. The SMILES string of the molecule is COc1cc2cc(c1Cl)N(C)C(=O)C[C@H](OC(=O)[C@H](C)N(C)C(=O)CCSSC(C)(C)[C@H](NC(=O)[C@@H]1CSSC[C@H](NC(=O)[C@@H](Cc3ccccc3)NCc3ccccc3)C(=O)N[C@@H](Cc3ccc(O)cc3)C(=O)N[C@H](Cc3c[nH]c4ccccc34)C(=O)N[C@@H](CCCCN)C(=O)N[C@@H]([C@@H](C)O)C(=O)N1)C(N)=O)[C@]1(C)OC1[C@H](C)[C@@H]1C[C@@](O)(NC(=O)O1)[C@H](OC)/C=C/C=C(\C)C2. The zero-order chi connectivity index (χ0) is 95.2. The maximum atomic E-state index is 15.4. The summed E-state index contributed by atoms with van der Waals surface area (Å²) in [4.78, 5) is 182. The lowest BCUT2D eigenvalue weighted by molar-refractivity contribution is -0.162. The number of hydrogen-bond acceptors (Lipinski definition) is 26. The number of fused-ring (bicyclic) bond motifs is 6. The maximum absolute atomic E-state index is 15.4. The number of H-pyrrole nitrogens is 1. The smallest absolute Gasteiger partial charge is 0.409 e. The zero-order valence-corrected chi connectivity index (χ0v) is 79.0. The van der Waals surface area contributed by atoms with Crippen LogP contribution in [0.15, 0.2) is 151 Å². The van der Waals surface area contributed by atoms with Gasteiger partial charge < -0.3 is 108 Å². The van der Waals surface area contributed by atoms with E-state index < -0.39 is 184 Å². The Labute approximate surface area is 782 Å². The van der Waals surface area contributed by atoms with E-state index in [1.165, 1.54) is 64.1 Å². The number of esters is 1. The van der Waals surface area contributed by atoms with Crippen molar-refractivity contribution in [3.05, 3.63) is 184 Å². The minimum absolute atomic E-state index is 0.0430. The topological polar surface area (TPSA) is 498 Å². The molecule has 3 fully saturated rings. The Kier molecular flexibility index (Phi) is 37.1. The molecule has 10 rings (SSSR count). The van der Waals surface area contributed by atoms with Gasteiger partial charge in [-0.25, -0.2) is 9.59 Å². The van der Waals surface area contributed by atoms with Crippen molar-refractivity contribution in [1.29, 1.82) is 0 Å². The number of epoxide rings is 1. The van der Waals surface area contributed by atoms with Crippen LogP contribution in [0, 0.1) is 5.92 Å². The molecule has 4 bridgehead atoms. The van der Waals surface area contributed by atoms with E-state index in [-0.39, 0.29) is 97.5 Å². The number of phenolic OH excluding ortho intramolecular Hbond substituents is 1. The third-order valence-electron chi connectivity index (χ3n) is 23.7. The minimum atomic E-state index is -1.96. The van der Waals surface area contributed by atoms with Crippen molar-refractivity contribution in [2.75, 3.05) is 57.0 Å². The van der Waals surface area contributed by atoms with Gasteiger partial charge in [0.05, 0.1) is 37.5 Å². The Balaban J connectivity index is 0.884. The molecule has 4 aliphatic rings. The highest BCUT2D eigenvalue weighted by atomic mass is 35.5. The van der Waals surface area contributed by atoms with Gasteiger partial charge in [-0.3, -0.25) is 53.3 Å². The average Bonchev–Trinajstić information content (AvgIpc) is 1.57. The molecule has 5 heterocycles. The molecule has 1 unspecified atom stereocenters. The number of amides is 11. The van der Waals surface area contributed by atoms with Gasteiger partial charge in [0.2, 0.25) is 59.1 Å². The fourth-order valence-corrected chi connectivity index (χ4v) is 21.0. The first-order chi connectivity index (χ1) is 62.3. The van der Waals surface area contributed by atoms with Gasteiger partial charge in [-0.2, -0.15) is 0 Å². The molecule has 39 heteroatoms. The van der Waals surface area contributed by atoms with Gasteiger partial charge in [0.25, 0.3) is 0 Å². The maximum Gasteiger partial charge on any atom is 0.409 e. The van der Waals surface area contributed by atoms with Crippen molar-refractivity contribution in [3.8, 4) is 11.5 Å². The van der Waals surface area contributed by atoms with Crippen LogP contribution in [0.4, 0.5) is 10.5 Å². The highest BCUT2D eigenvalue weighted by molar-refractivity contribution is 8.77. The number of ether oxygens (including phenoxy) is 5. The monoisotopic (exact) mass is 1900 g/mol. The van der Waals surface area contributed by atoms with Gasteiger partial charge in [-0.1, -0.05) is 176 Å². The molecule has 0 spiro atoms. The number of alkyl carbamates (subject to hydrolysis) is 1. The molecule has 0 aliphatic carbocycles. The summed E-state index contributed by atoms with van der Waals surface area (Å²) in [5, 5.41) is 59.9. The standard InChI is InChI=1S/C92H119ClN14O20S4/c1-51-23-22-31-72(124-11)92(122)46-71(125-89(121)105-92)52(2)79-91(7,127-79)73(45-75(111)107(9)69-42-58(39-51)43-70(123-10)76(69)93)126-88(120)53(3)106(8)74(110)36-38-128-131-90(5,6)78(80(95)112)104-86(118)68-50-130-129-49-67(101-82(114)64(40-55-24-14-12-15-25-55)96-47-57-26-16-13-17-27-57)85(117)99-65(41-56-32-34-60(109)35-33-56)83(115)100-66(44-59-48-97-62-29-19-18-28-61(59)62)84(116)98-63(30-20-21-37-94)81(113)103-77(54(4)108)87(119)102-68/h12-19,22-29,31-35,42-43,48,52-54,63-68,71-73,77-79,96-97,108-109,122H,20-21,30,36-41,44-47,49-50,94H2,1-11H3,(H2,95,112)(H,98,116)(H,99,117)(H,100,115)(H,101,114)(H,102,119)(H,103,113)(H,104,118)(H,105,121)/b31-22+,51-23+/t52-,53+,54-,63+,64-,65+,66-,67+,68+,71+,72-,73+,77+,78-,79?,91+,92+/m1/s1. The van der Waals surface area contributed by atoms with Crippen molar-refractivity contribution in [3.63, 3.8) is 0 Å². The number of benzene rings is 5. The number of allylic oxidation sites excluding steroid dienone is 3. The number of phenols is 1. The Morgan fingerprint density at radius 3 is 2.14 bits per heavy atom. The zero-order valence-electron chi connectivity index (χ0n) is 75.0. The third kappa shape index (κ3) is 27.9. The Bertz CT molecular complexity index is 5100. The molecule has 5 aromatic carbocycles. The number of carbonyl (C=O) groups is 12. The van der Waals surface area contributed by atoms with Gasteiger partial charge in [0.15, 0.2) is 5.72 Å². The largest absolute Gasteiger partial charge is 0.508 e. The number of primary amides is 1. The van der Waals surface area contributed by atoms with Gasteiger partial charge in [0, 0.05) is 98.5 Å². The summed E-state index contributed by atoms with van der Waals surface area (Å²) in [6, 6.07) is 21.8. The van der Waals surface area contributed by atoms with Crippen LogP contribution in [0.1, 0.15) is 115 Å². The third-order valence-corrected chi connectivity index (χ3v) is 29.8. The van der Waals surface area contributed by atoms with E-state index in [2.05, 4.69) is 52.8 Å². The summed E-state index contributed by atoms with van der Waals surface area (Å²) in [5.74, 6) is -10.4. The number of hydrogen-bond donors (Lipinski definition) is 15. The van der Waals surface area contributed by atoms with Crippen LogP contribution in [0.5, 0.6) is 11.5 Å². The number of likely N-dealkylation sites (N-methyl/N-ethyl adjacent to an activating group) is 1. The van der Waals surface area contributed by atoms with Crippen molar-refractivity contribution in [2.45, 2.75) is 220 Å². The van der Waals surface area contributed by atoms with Crippen LogP contribution in [0.25, 0.3) is 10.9 Å². The number of nitrogens with two attached hydrogens (primary N) is 2. The van der Waals surface area contributed by atoms with Gasteiger partial charge >= 0.3 is 12.1 Å². The lowest BCUT2D eigenvalue weighted by atomic mass is 9.83. The molecule has 17 atom stereocenters. The molecule has 1 aromatic heterocycles. The van der Waals surface area contributed by atoms with Crippen molar-refractivity contribution in [2.24, 2.45) is 17.4 Å². The van der Waals surface area contributed by atoms with Crippen LogP contribution in [0.3, 0.4) is 0 Å². The van der Waals surface area contributed by atoms with Gasteiger partial charge in [-0.05, 0) is 138 Å². The first-order valence-electron chi connectivity index (χ1n) is 43.2. The number of rotatable bonds is 30. The molecule has 3 saturated heterocycles. The molecule has 17 N–H and O–H groups in total. The van der Waals surface area contributed by atoms with Gasteiger partial charge in [-0.15, -0.1) is 0 Å². The number of unbranched alkanes of at least 4 members (excludes halogenated alkanes) is 1. The number of aromatic nitrogens is 1. The number of aromatic hydroxyl groups is 1. The average molecular weight is 1900 g/mol. The second-order valence-corrected chi connectivity index (χ2v) is 39.9. The van der Waals surface area contributed by atoms with Crippen molar-refractivity contribution < 1.29 is 96.5 Å². The van der Waals surface area contributed by atoms with E-state index in [0.717, 1.165) is 59.9 Å². The van der Waals surface area contributed by atoms with Crippen LogP contribution in [-0.4, -0.2) is 249 Å². The normalized spacial score (nSPS) is 25.6. The fraction of sp³-hybridized carbons (Fsp3) is 0.478. The highest BCUT2D eigenvalue weighted by Gasteiger charge is 2.65. The van der Waals surface area contributed by atoms with E-state index in [0.29, 0.717) is 40.4 Å². The number of para-hydroxylation sites is 1. The van der Waals surface area contributed by atoms with Crippen LogP contribution < -0.4 is 69.0 Å². The predicted molar refractivity (Wildman–Crippen MR) is 503 cm³/mol. The number of methoxy groups -OCH3 is 2. The summed E-state index contributed by atoms with van der Waals surface area (Å²) in [6.07, 6.45) is -0.238. The number of aliphatic hydroxyl groups is 2. The summed E-state index contributed by atoms with van der Waals surface area (Å²) in [6.45, 7) is 11.5. The van der Waals surface area contributed by atoms with E-state index in [1.54, 1.807) is 76.4 Å². The number of carbonyl (C=O) groups excluding carboxylic acids is 12. The number of anilines is 1. The molecule has 0 saturated carbocycles.